The number of fused-ring (bicyclic) bond motifs is 3. The predicted molar refractivity (Wildman–Crippen MR) is 213 cm³/mol. The molecule has 0 saturated heterocycles. The highest BCUT2D eigenvalue weighted by atomic mass is 15.1. The molecule has 9 aromatic rings. The first-order valence-electron chi connectivity index (χ1n) is 17.3. The highest BCUT2D eigenvalue weighted by Crippen LogP contribution is 2.41. The van der Waals surface area contributed by atoms with Crippen molar-refractivity contribution in [2.45, 2.75) is 0 Å². The van der Waals surface area contributed by atoms with Crippen LogP contribution < -0.4 is 4.90 Å². The Balaban J connectivity index is 1.13. The molecule has 0 amide bonds. The van der Waals surface area contributed by atoms with Crippen LogP contribution in [0.25, 0.3) is 66.6 Å². The van der Waals surface area contributed by atoms with E-state index in [4.69, 9.17) is 9.97 Å². The van der Waals surface area contributed by atoms with Gasteiger partial charge in [-0.05, 0) is 64.5 Å². The molecule has 0 aliphatic heterocycles. The molecular formula is C48H33N3. The molecule has 0 fully saturated rings. The maximum Gasteiger partial charge on any atom is 0.0973 e. The molecule has 3 heteroatoms. The Morgan fingerprint density at radius 1 is 0.353 bits per heavy atom. The van der Waals surface area contributed by atoms with Gasteiger partial charge in [-0.25, -0.2) is 9.97 Å². The van der Waals surface area contributed by atoms with Gasteiger partial charge in [0.25, 0.3) is 0 Å². The fourth-order valence-electron chi connectivity index (χ4n) is 6.95. The molecule has 51 heavy (non-hydrogen) atoms. The fraction of sp³-hybridized carbons (Fsp3) is 0. The number of para-hydroxylation sites is 3. The molecule has 1 heterocycles. The summed E-state index contributed by atoms with van der Waals surface area (Å²) in [5, 5.41) is 2.23. The second kappa shape index (κ2) is 13.2. The summed E-state index contributed by atoms with van der Waals surface area (Å²) in [5.41, 5.74) is 13.6. The number of nitrogens with zero attached hydrogens (tertiary/aromatic N) is 3. The van der Waals surface area contributed by atoms with Crippen LogP contribution in [0, 0.1) is 0 Å². The van der Waals surface area contributed by atoms with Crippen LogP contribution in [-0.4, -0.2) is 9.97 Å². The SMILES string of the molecule is c1ccc(-c2nc3ccc4ccc(-c5ccc(-c6ccccc6N(c6ccccc6)c6ccccc6)cc5)cc4c3nc2-c2ccccc2)cc1. The molecule has 1 aromatic heterocycles. The van der Waals surface area contributed by atoms with E-state index in [9.17, 15) is 0 Å². The van der Waals surface area contributed by atoms with Gasteiger partial charge in [-0.15, -0.1) is 0 Å². The van der Waals surface area contributed by atoms with Crippen LogP contribution in [0.2, 0.25) is 0 Å². The number of rotatable bonds is 7. The molecule has 0 aliphatic carbocycles. The molecular weight excluding hydrogens is 619 g/mol. The van der Waals surface area contributed by atoms with Gasteiger partial charge in [0.15, 0.2) is 0 Å². The lowest BCUT2D eigenvalue weighted by Crippen LogP contribution is -2.10. The minimum Gasteiger partial charge on any atom is -0.310 e. The summed E-state index contributed by atoms with van der Waals surface area (Å²) in [6, 6.07) is 70.3. The van der Waals surface area contributed by atoms with E-state index < -0.39 is 0 Å². The van der Waals surface area contributed by atoms with Crippen LogP contribution in [-0.2, 0) is 0 Å². The topological polar surface area (TPSA) is 29.0 Å². The Bertz CT molecular complexity index is 2560. The van der Waals surface area contributed by atoms with Gasteiger partial charge in [0, 0.05) is 33.5 Å². The van der Waals surface area contributed by atoms with Crippen LogP contribution in [0.1, 0.15) is 0 Å². The summed E-state index contributed by atoms with van der Waals surface area (Å²) in [6.07, 6.45) is 0. The molecule has 240 valence electrons. The maximum absolute atomic E-state index is 5.35. The van der Waals surface area contributed by atoms with Crippen molar-refractivity contribution in [1.82, 2.24) is 9.97 Å². The molecule has 0 unspecified atom stereocenters. The van der Waals surface area contributed by atoms with E-state index in [1.165, 1.54) is 5.56 Å². The molecule has 0 saturated carbocycles. The highest BCUT2D eigenvalue weighted by molar-refractivity contribution is 6.07. The van der Waals surface area contributed by atoms with Gasteiger partial charge in [0.1, 0.15) is 0 Å². The third-order valence-electron chi connectivity index (χ3n) is 9.45. The number of hydrogen-bond donors (Lipinski definition) is 0. The third kappa shape index (κ3) is 5.81. The van der Waals surface area contributed by atoms with Crippen LogP contribution in [0.4, 0.5) is 17.1 Å². The van der Waals surface area contributed by atoms with Gasteiger partial charge < -0.3 is 4.90 Å². The summed E-state index contributed by atoms with van der Waals surface area (Å²) in [6.45, 7) is 0. The number of benzene rings is 8. The van der Waals surface area contributed by atoms with E-state index in [0.717, 1.165) is 78.1 Å². The zero-order valence-electron chi connectivity index (χ0n) is 27.9. The molecule has 0 radical (unpaired) electrons. The van der Waals surface area contributed by atoms with Gasteiger partial charge >= 0.3 is 0 Å². The Kier molecular flexibility index (Phi) is 7.84. The first-order chi connectivity index (χ1) is 25.3. The zero-order valence-corrected chi connectivity index (χ0v) is 27.9. The summed E-state index contributed by atoms with van der Waals surface area (Å²) in [4.78, 5) is 12.9. The fourth-order valence-corrected chi connectivity index (χ4v) is 6.95. The van der Waals surface area contributed by atoms with Gasteiger partial charge in [-0.2, -0.15) is 0 Å². The first kappa shape index (κ1) is 30.2. The summed E-state index contributed by atoms with van der Waals surface area (Å²) in [7, 11) is 0. The van der Waals surface area contributed by atoms with Crippen molar-refractivity contribution >= 4 is 38.9 Å². The molecule has 8 aromatic carbocycles. The molecule has 0 N–H and O–H groups in total. The Morgan fingerprint density at radius 3 is 1.47 bits per heavy atom. The van der Waals surface area contributed by atoms with Crippen LogP contribution in [0.15, 0.2) is 200 Å². The smallest absolute Gasteiger partial charge is 0.0973 e. The van der Waals surface area contributed by atoms with Crippen molar-refractivity contribution in [1.29, 1.82) is 0 Å². The van der Waals surface area contributed by atoms with Crippen molar-refractivity contribution in [3.63, 3.8) is 0 Å². The van der Waals surface area contributed by atoms with E-state index >= 15 is 0 Å². The van der Waals surface area contributed by atoms with E-state index in [2.05, 4.69) is 193 Å². The van der Waals surface area contributed by atoms with Crippen molar-refractivity contribution in [2.75, 3.05) is 4.90 Å². The summed E-state index contributed by atoms with van der Waals surface area (Å²) >= 11 is 0. The van der Waals surface area contributed by atoms with Crippen molar-refractivity contribution in [3.8, 4) is 44.8 Å². The molecule has 0 aliphatic rings. The lowest BCUT2D eigenvalue weighted by molar-refractivity contribution is 1.28. The average Bonchev–Trinajstić information content (AvgIpc) is 3.22. The summed E-state index contributed by atoms with van der Waals surface area (Å²) in [5.74, 6) is 0. The molecule has 9 rings (SSSR count). The maximum atomic E-state index is 5.35. The molecule has 0 spiro atoms. The van der Waals surface area contributed by atoms with Crippen molar-refractivity contribution in [2.24, 2.45) is 0 Å². The van der Waals surface area contributed by atoms with E-state index in [-0.39, 0.29) is 0 Å². The van der Waals surface area contributed by atoms with Gasteiger partial charge in [0.2, 0.25) is 0 Å². The molecule has 0 bridgehead atoms. The van der Waals surface area contributed by atoms with E-state index in [1.807, 2.05) is 12.1 Å². The molecule has 3 nitrogen and oxygen atoms in total. The lowest BCUT2D eigenvalue weighted by Gasteiger charge is -2.27. The molecule has 0 atom stereocenters. The lowest BCUT2D eigenvalue weighted by atomic mass is 9.96. The van der Waals surface area contributed by atoms with Gasteiger partial charge in [0.05, 0.1) is 28.1 Å². The van der Waals surface area contributed by atoms with Crippen molar-refractivity contribution < 1.29 is 0 Å². The second-order valence-electron chi connectivity index (χ2n) is 12.6. The van der Waals surface area contributed by atoms with Crippen LogP contribution in [0.3, 0.4) is 0 Å². The minimum absolute atomic E-state index is 0.881. The average molecular weight is 652 g/mol. The van der Waals surface area contributed by atoms with Crippen LogP contribution >= 0.6 is 0 Å². The Morgan fingerprint density at radius 2 is 0.843 bits per heavy atom. The number of aromatic nitrogens is 2. The second-order valence-corrected chi connectivity index (χ2v) is 12.6. The minimum atomic E-state index is 0.881. The highest BCUT2D eigenvalue weighted by Gasteiger charge is 2.18. The standard InChI is InChI=1S/C48H33N3/c1-5-15-37(16-6-1)46-47(38-17-7-2-8-18-38)50-48-43-33-39(30-29-36(43)31-32-44(48)49-46)34-25-27-35(28-26-34)42-23-13-14-24-45(42)51(40-19-9-3-10-20-40)41-21-11-4-12-22-41/h1-33H. The monoisotopic (exact) mass is 651 g/mol. The number of hydrogen-bond acceptors (Lipinski definition) is 3. The number of anilines is 3. The van der Waals surface area contributed by atoms with Gasteiger partial charge in [-0.1, -0.05) is 158 Å². The normalized spacial score (nSPS) is 11.1. The Labute approximate surface area is 297 Å². The summed E-state index contributed by atoms with van der Waals surface area (Å²) < 4.78 is 0. The third-order valence-corrected chi connectivity index (χ3v) is 9.45. The first-order valence-corrected chi connectivity index (χ1v) is 17.3. The largest absolute Gasteiger partial charge is 0.310 e. The van der Waals surface area contributed by atoms with Gasteiger partial charge in [-0.3, -0.25) is 0 Å². The predicted octanol–water partition coefficient (Wildman–Crippen LogP) is 12.9. The van der Waals surface area contributed by atoms with E-state index in [1.54, 1.807) is 0 Å². The van der Waals surface area contributed by atoms with Crippen molar-refractivity contribution in [3.05, 3.63) is 200 Å². The van der Waals surface area contributed by atoms with E-state index in [0.29, 0.717) is 0 Å². The quantitative estimate of drug-likeness (QED) is 0.161. The van der Waals surface area contributed by atoms with Crippen LogP contribution in [0.5, 0.6) is 0 Å². The Hall–Kier alpha value is -6.84. The zero-order chi connectivity index (χ0) is 34.0.